The standard InChI is InChI=1S/C18H18N2O4/c21-11-18(17(24)20-10-16(22)23)8-14(18)6-5-12-7-13-3-1-2-4-15(13)19-9-12/h1-7,9,14,21H,8,10-11H2,(H,20,24)(H,22,23). The molecule has 0 radical (unpaired) electrons. The van der Waals surface area contributed by atoms with Crippen molar-refractivity contribution in [3.63, 3.8) is 0 Å². The Bertz CT molecular complexity index is 818. The van der Waals surface area contributed by atoms with Crippen molar-refractivity contribution < 1.29 is 19.8 Å². The number of allylic oxidation sites excluding steroid dienone is 1. The van der Waals surface area contributed by atoms with Crippen molar-refractivity contribution >= 4 is 28.9 Å². The van der Waals surface area contributed by atoms with E-state index in [2.05, 4.69) is 10.3 Å². The summed E-state index contributed by atoms with van der Waals surface area (Å²) in [7, 11) is 0. The first-order valence-electron chi connectivity index (χ1n) is 7.69. The first kappa shape index (κ1) is 16.1. The highest BCUT2D eigenvalue weighted by Crippen LogP contribution is 2.53. The number of hydrogen-bond donors (Lipinski definition) is 3. The summed E-state index contributed by atoms with van der Waals surface area (Å²) < 4.78 is 0. The number of fused-ring (bicyclic) bond motifs is 1. The minimum atomic E-state index is -1.11. The quantitative estimate of drug-likeness (QED) is 0.746. The van der Waals surface area contributed by atoms with Crippen LogP contribution < -0.4 is 5.32 Å². The highest BCUT2D eigenvalue weighted by molar-refractivity contribution is 5.89. The lowest BCUT2D eigenvalue weighted by Crippen LogP contribution is -2.38. The van der Waals surface area contributed by atoms with Crippen LogP contribution in [0.4, 0.5) is 0 Å². The largest absolute Gasteiger partial charge is 0.480 e. The van der Waals surface area contributed by atoms with E-state index in [1.807, 2.05) is 42.5 Å². The van der Waals surface area contributed by atoms with Crippen LogP contribution in [-0.2, 0) is 9.59 Å². The van der Waals surface area contributed by atoms with Crippen molar-refractivity contribution in [2.24, 2.45) is 11.3 Å². The molecule has 3 rings (SSSR count). The Labute approximate surface area is 138 Å². The zero-order valence-corrected chi connectivity index (χ0v) is 13.0. The lowest BCUT2D eigenvalue weighted by Gasteiger charge is -2.12. The molecule has 1 amide bonds. The molecule has 0 aliphatic heterocycles. The second kappa shape index (κ2) is 6.41. The number of carboxylic acid groups (broad SMARTS) is 1. The molecule has 124 valence electrons. The molecule has 1 aromatic carbocycles. The molecule has 1 aliphatic rings. The lowest BCUT2D eigenvalue weighted by molar-refractivity contribution is -0.139. The van der Waals surface area contributed by atoms with E-state index < -0.39 is 23.8 Å². The maximum Gasteiger partial charge on any atom is 0.322 e. The number of rotatable bonds is 6. The van der Waals surface area contributed by atoms with Crippen LogP contribution in [0.25, 0.3) is 17.0 Å². The van der Waals surface area contributed by atoms with E-state index in [1.54, 1.807) is 6.20 Å². The van der Waals surface area contributed by atoms with Gasteiger partial charge in [0.15, 0.2) is 0 Å². The number of nitrogens with zero attached hydrogens (tertiary/aromatic N) is 1. The Morgan fingerprint density at radius 2 is 2.17 bits per heavy atom. The van der Waals surface area contributed by atoms with Crippen molar-refractivity contribution in [1.29, 1.82) is 0 Å². The molecule has 0 saturated heterocycles. The highest BCUT2D eigenvalue weighted by atomic mass is 16.4. The van der Waals surface area contributed by atoms with Crippen LogP contribution in [0.15, 0.2) is 42.6 Å². The highest BCUT2D eigenvalue weighted by Gasteiger charge is 2.58. The molecule has 1 heterocycles. The molecule has 1 aromatic heterocycles. The Kier molecular flexibility index (Phi) is 4.31. The van der Waals surface area contributed by atoms with Gasteiger partial charge in [0.2, 0.25) is 5.91 Å². The summed E-state index contributed by atoms with van der Waals surface area (Å²) in [6.07, 6.45) is 6.02. The van der Waals surface area contributed by atoms with Crippen molar-refractivity contribution in [2.45, 2.75) is 6.42 Å². The van der Waals surface area contributed by atoms with Crippen molar-refractivity contribution in [3.8, 4) is 0 Å². The third kappa shape index (κ3) is 3.14. The molecule has 2 aromatic rings. The van der Waals surface area contributed by atoms with Crippen molar-refractivity contribution in [2.75, 3.05) is 13.2 Å². The summed E-state index contributed by atoms with van der Waals surface area (Å²) in [5.74, 6) is -1.63. The number of aromatic nitrogens is 1. The van der Waals surface area contributed by atoms with E-state index in [0.29, 0.717) is 6.42 Å². The molecular formula is C18H18N2O4. The Morgan fingerprint density at radius 3 is 2.92 bits per heavy atom. The van der Waals surface area contributed by atoms with E-state index in [1.165, 1.54) is 0 Å². The Hall–Kier alpha value is -2.73. The van der Waals surface area contributed by atoms with E-state index in [-0.39, 0.29) is 12.5 Å². The number of aliphatic hydroxyl groups excluding tert-OH is 1. The van der Waals surface area contributed by atoms with Gasteiger partial charge in [-0.2, -0.15) is 0 Å². The molecule has 6 nitrogen and oxygen atoms in total. The average molecular weight is 326 g/mol. The Morgan fingerprint density at radius 1 is 1.38 bits per heavy atom. The summed E-state index contributed by atoms with van der Waals surface area (Å²) in [4.78, 5) is 27.0. The molecule has 1 fully saturated rings. The summed E-state index contributed by atoms with van der Waals surface area (Å²) in [5, 5.41) is 21.5. The molecular weight excluding hydrogens is 308 g/mol. The van der Waals surface area contributed by atoms with Crippen LogP contribution in [-0.4, -0.2) is 40.2 Å². The van der Waals surface area contributed by atoms with Crippen LogP contribution in [0.3, 0.4) is 0 Å². The van der Waals surface area contributed by atoms with Crippen molar-refractivity contribution in [3.05, 3.63) is 48.2 Å². The third-order valence-corrected chi connectivity index (χ3v) is 4.40. The second-order valence-electron chi connectivity index (χ2n) is 6.02. The fourth-order valence-corrected chi connectivity index (χ4v) is 2.84. The number of hydrogen-bond acceptors (Lipinski definition) is 4. The fraction of sp³-hybridized carbons (Fsp3) is 0.278. The van der Waals surface area contributed by atoms with E-state index in [0.717, 1.165) is 16.5 Å². The summed E-state index contributed by atoms with van der Waals surface area (Å²) in [5.41, 5.74) is 0.924. The number of para-hydroxylation sites is 1. The maximum absolute atomic E-state index is 12.1. The van der Waals surface area contributed by atoms with E-state index in [4.69, 9.17) is 5.11 Å². The molecule has 3 N–H and O–H groups in total. The summed E-state index contributed by atoms with van der Waals surface area (Å²) >= 11 is 0. The molecule has 2 unspecified atom stereocenters. The zero-order chi connectivity index (χ0) is 17.2. The van der Waals surface area contributed by atoms with Gasteiger partial charge < -0.3 is 15.5 Å². The molecule has 6 heteroatoms. The monoisotopic (exact) mass is 326 g/mol. The maximum atomic E-state index is 12.1. The number of nitrogens with one attached hydrogen (secondary N) is 1. The fourth-order valence-electron chi connectivity index (χ4n) is 2.84. The van der Waals surface area contributed by atoms with Gasteiger partial charge >= 0.3 is 5.97 Å². The number of carboxylic acids is 1. The Balaban J connectivity index is 1.70. The van der Waals surface area contributed by atoms with Gasteiger partial charge in [0.25, 0.3) is 0 Å². The zero-order valence-electron chi connectivity index (χ0n) is 13.0. The van der Waals surface area contributed by atoms with Crippen LogP contribution in [0.1, 0.15) is 12.0 Å². The number of pyridine rings is 1. The topological polar surface area (TPSA) is 99.5 Å². The van der Waals surface area contributed by atoms with Gasteiger partial charge in [-0.25, -0.2) is 0 Å². The first-order chi connectivity index (χ1) is 11.5. The number of benzene rings is 1. The smallest absolute Gasteiger partial charge is 0.322 e. The van der Waals surface area contributed by atoms with E-state index in [9.17, 15) is 14.7 Å². The number of aliphatic hydroxyl groups is 1. The van der Waals surface area contributed by atoms with Crippen molar-refractivity contribution in [1.82, 2.24) is 10.3 Å². The minimum Gasteiger partial charge on any atom is -0.480 e. The van der Waals surface area contributed by atoms with Gasteiger partial charge in [-0.1, -0.05) is 30.4 Å². The molecule has 1 saturated carbocycles. The molecule has 1 aliphatic carbocycles. The minimum absolute atomic E-state index is 0.109. The normalized spacial score (nSPS) is 22.6. The van der Waals surface area contributed by atoms with Gasteiger partial charge in [-0.3, -0.25) is 14.6 Å². The molecule has 2 atom stereocenters. The van der Waals surface area contributed by atoms with Gasteiger partial charge in [0, 0.05) is 11.6 Å². The predicted molar refractivity (Wildman–Crippen MR) is 89.0 cm³/mol. The molecule has 24 heavy (non-hydrogen) atoms. The number of carbonyl (C=O) groups is 2. The lowest BCUT2D eigenvalue weighted by atomic mass is 10.0. The van der Waals surface area contributed by atoms with Crippen LogP contribution in [0.5, 0.6) is 0 Å². The summed E-state index contributed by atoms with van der Waals surface area (Å²) in [6, 6.07) is 9.80. The van der Waals surface area contributed by atoms with Gasteiger partial charge in [-0.05, 0) is 30.0 Å². The van der Waals surface area contributed by atoms with Crippen LogP contribution in [0, 0.1) is 11.3 Å². The third-order valence-electron chi connectivity index (χ3n) is 4.40. The molecule has 0 spiro atoms. The number of aliphatic carboxylic acids is 1. The first-order valence-corrected chi connectivity index (χ1v) is 7.69. The van der Waals surface area contributed by atoms with E-state index >= 15 is 0 Å². The number of carbonyl (C=O) groups excluding carboxylic acids is 1. The second-order valence-corrected chi connectivity index (χ2v) is 6.02. The van der Waals surface area contributed by atoms with Gasteiger partial charge in [-0.15, -0.1) is 0 Å². The SMILES string of the molecule is O=C(O)CNC(=O)C1(CO)CC1C=Cc1cnc2ccccc2c1. The van der Waals surface area contributed by atoms with Gasteiger partial charge in [0.1, 0.15) is 6.54 Å². The van der Waals surface area contributed by atoms with Gasteiger partial charge in [0.05, 0.1) is 17.5 Å². The predicted octanol–water partition coefficient (Wildman–Crippen LogP) is 1.45. The molecule has 0 bridgehead atoms. The van der Waals surface area contributed by atoms with Crippen LogP contribution >= 0.6 is 0 Å². The summed E-state index contributed by atoms with van der Waals surface area (Å²) in [6.45, 7) is -0.741. The number of amides is 1. The average Bonchev–Trinajstić information content (AvgIpc) is 3.32. The van der Waals surface area contributed by atoms with Crippen LogP contribution in [0.2, 0.25) is 0 Å².